The second-order valence-electron chi connectivity index (χ2n) is 3.01. The van der Waals surface area contributed by atoms with E-state index in [2.05, 4.69) is 24.5 Å². The molecule has 0 aliphatic rings. The van der Waals surface area contributed by atoms with E-state index < -0.39 is 0 Å². The van der Waals surface area contributed by atoms with Crippen molar-refractivity contribution in [1.29, 1.82) is 0 Å². The third-order valence-electron chi connectivity index (χ3n) is 1.86. The first-order chi connectivity index (χ1) is 5.70. The number of carbonyl (C=O) groups is 1. The highest BCUT2D eigenvalue weighted by molar-refractivity contribution is 5.72. The summed E-state index contributed by atoms with van der Waals surface area (Å²) in [4.78, 5) is 10.5. The summed E-state index contributed by atoms with van der Waals surface area (Å²) in [6.07, 6.45) is 3.48. The van der Waals surface area contributed by atoms with Crippen LogP contribution in [0.25, 0.3) is 0 Å². The smallest absolute Gasteiger partial charge is 0.217 e. The second kappa shape index (κ2) is 7.10. The number of rotatable bonds is 6. The molecule has 0 spiro atoms. The van der Waals surface area contributed by atoms with Crippen LogP contribution in [0.5, 0.6) is 0 Å². The van der Waals surface area contributed by atoms with Gasteiger partial charge in [-0.2, -0.15) is 0 Å². The maximum atomic E-state index is 10.5. The Kier molecular flexibility index (Phi) is 6.76. The summed E-state index contributed by atoms with van der Waals surface area (Å²) in [6, 6.07) is 0.543. The Balaban J connectivity index is 3.37. The predicted octanol–water partition coefficient (Wildman–Crippen LogP) is 1.25. The van der Waals surface area contributed by atoms with Gasteiger partial charge in [-0.25, -0.2) is 0 Å². The van der Waals surface area contributed by atoms with Crippen molar-refractivity contribution < 1.29 is 4.79 Å². The fourth-order valence-electron chi connectivity index (χ4n) is 1.12. The lowest BCUT2D eigenvalue weighted by atomic mass is 10.1. The van der Waals surface area contributed by atoms with Crippen molar-refractivity contribution in [2.45, 2.75) is 46.1 Å². The lowest BCUT2D eigenvalue weighted by molar-refractivity contribution is -0.119. The maximum Gasteiger partial charge on any atom is 0.217 e. The van der Waals surface area contributed by atoms with Gasteiger partial charge in [-0.3, -0.25) is 10.1 Å². The molecule has 1 amide bonds. The molecule has 0 bridgehead atoms. The fourth-order valence-corrected chi connectivity index (χ4v) is 1.12. The average molecular weight is 172 g/mol. The minimum atomic E-state index is 0.0221. The molecule has 0 aromatic carbocycles. The van der Waals surface area contributed by atoms with Crippen LogP contribution in [0.1, 0.15) is 40.0 Å². The molecule has 0 aromatic heterocycles. The molecule has 0 fully saturated rings. The zero-order valence-electron chi connectivity index (χ0n) is 8.31. The van der Waals surface area contributed by atoms with E-state index in [4.69, 9.17) is 0 Å². The van der Waals surface area contributed by atoms with Gasteiger partial charge in [0.15, 0.2) is 0 Å². The van der Waals surface area contributed by atoms with Crippen molar-refractivity contribution in [3.05, 3.63) is 0 Å². The van der Waals surface area contributed by atoms with Crippen molar-refractivity contribution in [3.8, 4) is 0 Å². The van der Waals surface area contributed by atoms with Crippen LogP contribution < -0.4 is 10.6 Å². The van der Waals surface area contributed by atoms with Gasteiger partial charge in [-0.15, -0.1) is 0 Å². The molecule has 3 nitrogen and oxygen atoms in total. The predicted molar refractivity (Wildman–Crippen MR) is 50.8 cm³/mol. The highest BCUT2D eigenvalue weighted by Crippen LogP contribution is 1.99. The molecule has 3 heteroatoms. The Morgan fingerprint density at radius 2 is 2.08 bits per heavy atom. The first kappa shape index (κ1) is 11.4. The molecule has 1 atom stereocenters. The molecule has 0 aliphatic carbocycles. The van der Waals surface area contributed by atoms with Crippen molar-refractivity contribution in [2.75, 3.05) is 6.67 Å². The van der Waals surface area contributed by atoms with Crippen LogP contribution in [0.15, 0.2) is 0 Å². The van der Waals surface area contributed by atoms with Crippen LogP contribution >= 0.6 is 0 Å². The van der Waals surface area contributed by atoms with Crippen LogP contribution in [0.2, 0.25) is 0 Å². The average Bonchev–Trinajstić information content (AvgIpc) is 2.02. The Labute approximate surface area is 74.9 Å². The molecule has 0 saturated carbocycles. The zero-order chi connectivity index (χ0) is 9.40. The molecule has 2 N–H and O–H groups in total. The number of amides is 1. The highest BCUT2D eigenvalue weighted by Gasteiger charge is 2.02. The van der Waals surface area contributed by atoms with Crippen molar-refractivity contribution in [1.82, 2.24) is 10.6 Å². The monoisotopic (exact) mass is 172 g/mol. The first-order valence-electron chi connectivity index (χ1n) is 4.68. The van der Waals surface area contributed by atoms with Crippen LogP contribution in [-0.2, 0) is 4.79 Å². The molecule has 0 aromatic rings. The van der Waals surface area contributed by atoms with Gasteiger partial charge in [-0.05, 0) is 12.8 Å². The number of hydrogen-bond donors (Lipinski definition) is 2. The molecular weight excluding hydrogens is 152 g/mol. The SMILES string of the molecule is CCCC(CC)NCNC(C)=O. The molecule has 12 heavy (non-hydrogen) atoms. The minimum Gasteiger partial charge on any atom is -0.344 e. The first-order valence-corrected chi connectivity index (χ1v) is 4.68. The molecule has 1 unspecified atom stereocenters. The number of carbonyl (C=O) groups excluding carboxylic acids is 1. The van der Waals surface area contributed by atoms with Gasteiger partial charge in [-0.1, -0.05) is 20.3 Å². The van der Waals surface area contributed by atoms with E-state index in [1.54, 1.807) is 0 Å². The van der Waals surface area contributed by atoms with Gasteiger partial charge in [0.1, 0.15) is 0 Å². The molecule has 0 saturated heterocycles. The number of hydrogen-bond acceptors (Lipinski definition) is 2. The van der Waals surface area contributed by atoms with Crippen LogP contribution in [0, 0.1) is 0 Å². The minimum absolute atomic E-state index is 0.0221. The van der Waals surface area contributed by atoms with E-state index in [1.165, 1.54) is 19.8 Å². The van der Waals surface area contributed by atoms with E-state index in [-0.39, 0.29) is 5.91 Å². The molecular formula is C9H20N2O. The Morgan fingerprint density at radius 3 is 2.50 bits per heavy atom. The maximum absolute atomic E-state index is 10.5. The second-order valence-corrected chi connectivity index (χ2v) is 3.01. The van der Waals surface area contributed by atoms with E-state index in [9.17, 15) is 4.79 Å². The Hall–Kier alpha value is -0.570. The van der Waals surface area contributed by atoms with E-state index >= 15 is 0 Å². The van der Waals surface area contributed by atoms with Gasteiger partial charge >= 0.3 is 0 Å². The van der Waals surface area contributed by atoms with Gasteiger partial charge < -0.3 is 5.32 Å². The lowest BCUT2D eigenvalue weighted by Gasteiger charge is -2.15. The Morgan fingerprint density at radius 1 is 1.42 bits per heavy atom. The summed E-state index contributed by atoms with van der Waals surface area (Å²) in [6.45, 7) is 6.44. The quantitative estimate of drug-likeness (QED) is 0.592. The van der Waals surface area contributed by atoms with Crippen molar-refractivity contribution in [3.63, 3.8) is 0 Å². The van der Waals surface area contributed by atoms with Crippen LogP contribution in [-0.4, -0.2) is 18.6 Å². The third-order valence-corrected chi connectivity index (χ3v) is 1.86. The van der Waals surface area contributed by atoms with Gasteiger partial charge in [0.25, 0.3) is 0 Å². The Bertz CT molecular complexity index is 126. The summed E-state index contributed by atoms with van der Waals surface area (Å²) in [7, 11) is 0. The summed E-state index contributed by atoms with van der Waals surface area (Å²) in [5, 5.41) is 5.99. The topological polar surface area (TPSA) is 41.1 Å². The normalized spacial score (nSPS) is 12.6. The fraction of sp³-hybridized carbons (Fsp3) is 0.889. The summed E-state index contributed by atoms with van der Waals surface area (Å²) < 4.78 is 0. The standard InChI is InChI=1S/C9H20N2O/c1-4-6-9(5-2)11-7-10-8(3)12/h9,11H,4-7H2,1-3H3,(H,10,12). The summed E-state index contributed by atoms with van der Waals surface area (Å²) >= 11 is 0. The van der Waals surface area contributed by atoms with Gasteiger partial charge in [0.05, 0.1) is 6.67 Å². The summed E-state index contributed by atoms with van der Waals surface area (Å²) in [5.74, 6) is 0.0221. The van der Waals surface area contributed by atoms with Crippen LogP contribution in [0.3, 0.4) is 0 Å². The van der Waals surface area contributed by atoms with E-state index in [0.717, 1.165) is 6.42 Å². The molecule has 0 heterocycles. The van der Waals surface area contributed by atoms with Gasteiger partial charge in [0.2, 0.25) is 5.91 Å². The zero-order valence-corrected chi connectivity index (χ0v) is 8.31. The molecule has 0 radical (unpaired) electrons. The molecule has 0 rings (SSSR count). The molecule has 0 aliphatic heterocycles. The van der Waals surface area contributed by atoms with Crippen molar-refractivity contribution in [2.24, 2.45) is 0 Å². The lowest BCUT2D eigenvalue weighted by Crippen LogP contribution is -2.38. The van der Waals surface area contributed by atoms with Gasteiger partial charge in [0, 0.05) is 13.0 Å². The van der Waals surface area contributed by atoms with Crippen molar-refractivity contribution >= 4 is 5.91 Å². The van der Waals surface area contributed by atoms with E-state index in [0.29, 0.717) is 12.7 Å². The van der Waals surface area contributed by atoms with Crippen LogP contribution in [0.4, 0.5) is 0 Å². The van der Waals surface area contributed by atoms with E-state index in [1.807, 2.05) is 0 Å². The number of nitrogens with one attached hydrogen (secondary N) is 2. The highest BCUT2D eigenvalue weighted by atomic mass is 16.1. The third kappa shape index (κ3) is 6.16. The largest absolute Gasteiger partial charge is 0.344 e. The summed E-state index contributed by atoms with van der Waals surface area (Å²) in [5.41, 5.74) is 0. The molecule has 72 valence electrons.